The Balaban J connectivity index is 1.44. The number of rotatable bonds is 5. The van der Waals surface area contributed by atoms with Crippen molar-refractivity contribution < 1.29 is 17.9 Å². The normalized spacial score (nSPS) is 17.2. The van der Waals surface area contributed by atoms with E-state index in [1.165, 1.54) is 0 Å². The Hall–Kier alpha value is -2.56. The minimum absolute atomic E-state index is 0.0506. The maximum absolute atomic E-state index is 12.6. The van der Waals surface area contributed by atoms with Gasteiger partial charge in [-0.25, -0.2) is 14.6 Å². The molecular formula is C16H19ClF3N7O. The standard InChI is InChI=1S/C16H19ClF3N7O/c1-21-15(26-11-2-3-13-24-9-25-27(13)8-11)22-4-5-28-14-12(17)6-10(7-23-14)16(18,19)20/h6-7,9,11H,2-5,8H2,1H3,(H2,21,22,26). The highest BCUT2D eigenvalue weighted by atomic mass is 35.5. The Kier molecular flexibility index (Phi) is 6.22. The van der Waals surface area contributed by atoms with Crippen LogP contribution in [-0.4, -0.2) is 51.9 Å². The number of guanidine groups is 1. The van der Waals surface area contributed by atoms with Crippen molar-refractivity contribution in [3.8, 4) is 5.88 Å². The van der Waals surface area contributed by atoms with Crippen LogP contribution >= 0.6 is 11.6 Å². The molecule has 0 radical (unpaired) electrons. The molecule has 152 valence electrons. The Morgan fingerprint density at radius 3 is 2.96 bits per heavy atom. The highest BCUT2D eigenvalue weighted by Gasteiger charge is 2.31. The molecule has 2 N–H and O–H groups in total. The summed E-state index contributed by atoms with van der Waals surface area (Å²) in [7, 11) is 1.65. The van der Waals surface area contributed by atoms with Gasteiger partial charge in [-0.2, -0.15) is 18.3 Å². The molecule has 0 aromatic carbocycles. The van der Waals surface area contributed by atoms with E-state index in [1.807, 2.05) is 4.68 Å². The van der Waals surface area contributed by atoms with Gasteiger partial charge in [0, 0.05) is 25.7 Å². The van der Waals surface area contributed by atoms with Gasteiger partial charge in [-0.15, -0.1) is 0 Å². The first-order valence-corrected chi connectivity index (χ1v) is 8.94. The van der Waals surface area contributed by atoms with Crippen molar-refractivity contribution >= 4 is 17.6 Å². The molecule has 0 saturated heterocycles. The lowest BCUT2D eigenvalue weighted by atomic mass is 10.1. The van der Waals surface area contributed by atoms with Crippen molar-refractivity contribution in [3.05, 3.63) is 35.0 Å². The molecule has 3 heterocycles. The van der Waals surface area contributed by atoms with Crippen molar-refractivity contribution in [3.63, 3.8) is 0 Å². The lowest BCUT2D eigenvalue weighted by molar-refractivity contribution is -0.137. The molecule has 3 rings (SSSR count). The summed E-state index contributed by atoms with van der Waals surface area (Å²) in [6.45, 7) is 1.20. The van der Waals surface area contributed by atoms with Crippen LogP contribution in [0.25, 0.3) is 0 Å². The summed E-state index contributed by atoms with van der Waals surface area (Å²) >= 11 is 5.81. The van der Waals surface area contributed by atoms with E-state index in [1.54, 1.807) is 13.4 Å². The number of aromatic nitrogens is 4. The largest absolute Gasteiger partial charge is 0.475 e. The first-order chi connectivity index (χ1) is 13.4. The number of hydrogen-bond donors (Lipinski definition) is 2. The highest BCUT2D eigenvalue weighted by Crippen LogP contribution is 2.32. The molecule has 12 heteroatoms. The van der Waals surface area contributed by atoms with Crippen molar-refractivity contribution in [2.75, 3.05) is 20.2 Å². The topological polar surface area (TPSA) is 89.2 Å². The van der Waals surface area contributed by atoms with Gasteiger partial charge in [0.1, 0.15) is 23.8 Å². The van der Waals surface area contributed by atoms with Gasteiger partial charge in [0.25, 0.3) is 0 Å². The van der Waals surface area contributed by atoms with E-state index in [0.29, 0.717) is 25.2 Å². The number of nitrogens with zero attached hydrogens (tertiary/aromatic N) is 5. The van der Waals surface area contributed by atoms with Gasteiger partial charge >= 0.3 is 6.18 Å². The van der Waals surface area contributed by atoms with Gasteiger partial charge in [0.05, 0.1) is 18.7 Å². The third-order valence-corrected chi connectivity index (χ3v) is 4.41. The zero-order valence-electron chi connectivity index (χ0n) is 15.0. The van der Waals surface area contributed by atoms with Crippen molar-refractivity contribution in [1.82, 2.24) is 30.4 Å². The first-order valence-electron chi connectivity index (χ1n) is 8.56. The Labute approximate surface area is 164 Å². The smallest absolute Gasteiger partial charge is 0.417 e. The lowest BCUT2D eigenvalue weighted by Crippen LogP contribution is -2.47. The SMILES string of the molecule is CN=C(NCCOc1ncc(C(F)(F)F)cc1Cl)NC1CCc2ncnn2C1. The van der Waals surface area contributed by atoms with Gasteiger partial charge < -0.3 is 15.4 Å². The number of aryl methyl sites for hydroxylation is 1. The molecule has 28 heavy (non-hydrogen) atoms. The van der Waals surface area contributed by atoms with Crippen LogP contribution in [0, 0.1) is 0 Å². The second kappa shape index (κ2) is 8.63. The van der Waals surface area contributed by atoms with Crippen molar-refractivity contribution in [2.24, 2.45) is 4.99 Å². The Morgan fingerprint density at radius 1 is 1.43 bits per heavy atom. The molecule has 1 unspecified atom stereocenters. The van der Waals surface area contributed by atoms with Crippen LogP contribution in [0.15, 0.2) is 23.6 Å². The summed E-state index contributed by atoms with van der Waals surface area (Å²) < 4.78 is 45.0. The van der Waals surface area contributed by atoms with Gasteiger partial charge in [0.2, 0.25) is 5.88 Å². The second-order valence-corrected chi connectivity index (χ2v) is 6.50. The van der Waals surface area contributed by atoms with Crippen LogP contribution in [-0.2, 0) is 19.1 Å². The van der Waals surface area contributed by atoms with E-state index >= 15 is 0 Å². The maximum atomic E-state index is 12.6. The number of pyridine rings is 1. The molecule has 1 aliphatic rings. The van der Waals surface area contributed by atoms with Crippen LogP contribution in [0.4, 0.5) is 13.2 Å². The molecular weight excluding hydrogens is 399 g/mol. The predicted molar refractivity (Wildman–Crippen MR) is 96.4 cm³/mol. The number of aliphatic imine (C=N–C) groups is 1. The molecule has 1 atom stereocenters. The zero-order valence-corrected chi connectivity index (χ0v) is 15.8. The second-order valence-electron chi connectivity index (χ2n) is 6.09. The van der Waals surface area contributed by atoms with Gasteiger partial charge in [-0.3, -0.25) is 4.99 Å². The van der Waals surface area contributed by atoms with E-state index in [0.717, 1.165) is 24.7 Å². The van der Waals surface area contributed by atoms with E-state index in [4.69, 9.17) is 16.3 Å². The van der Waals surface area contributed by atoms with E-state index < -0.39 is 11.7 Å². The average molecular weight is 418 g/mol. The van der Waals surface area contributed by atoms with Crippen LogP contribution < -0.4 is 15.4 Å². The lowest BCUT2D eigenvalue weighted by Gasteiger charge is -2.25. The summed E-state index contributed by atoms with van der Waals surface area (Å²) in [4.78, 5) is 12.0. The summed E-state index contributed by atoms with van der Waals surface area (Å²) in [6.07, 6.45) is -0.531. The fraction of sp³-hybridized carbons (Fsp3) is 0.500. The Bertz CT molecular complexity index is 840. The fourth-order valence-electron chi connectivity index (χ4n) is 2.75. The molecule has 1 aliphatic heterocycles. The van der Waals surface area contributed by atoms with Crippen LogP contribution in [0.5, 0.6) is 5.88 Å². The number of fused-ring (bicyclic) bond motifs is 1. The summed E-state index contributed by atoms with van der Waals surface area (Å²) in [5.41, 5.74) is -0.921. The number of nitrogens with one attached hydrogen (secondary N) is 2. The van der Waals surface area contributed by atoms with Gasteiger partial charge in [-0.05, 0) is 12.5 Å². The minimum atomic E-state index is -4.50. The summed E-state index contributed by atoms with van der Waals surface area (Å²) in [6, 6.07) is 0.951. The molecule has 0 saturated carbocycles. The van der Waals surface area contributed by atoms with Crippen molar-refractivity contribution in [1.29, 1.82) is 0 Å². The van der Waals surface area contributed by atoms with Crippen LogP contribution in [0.2, 0.25) is 5.02 Å². The highest BCUT2D eigenvalue weighted by molar-refractivity contribution is 6.31. The molecule has 0 aliphatic carbocycles. The molecule has 2 aromatic heterocycles. The fourth-order valence-corrected chi connectivity index (χ4v) is 2.97. The van der Waals surface area contributed by atoms with E-state index in [2.05, 4.69) is 30.7 Å². The van der Waals surface area contributed by atoms with Crippen molar-refractivity contribution in [2.45, 2.75) is 31.6 Å². The minimum Gasteiger partial charge on any atom is -0.475 e. The number of alkyl halides is 3. The number of ether oxygens (including phenoxy) is 1. The molecule has 0 bridgehead atoms. The third-order valence-electron chi connectivity index (χ3n) is 4.14. The molecule has 2 aromatic rings. The molecule has 8 nitrogen and oxygen atoms in total. The first kappa shape index (κ1) is 20.2. The zero-order chi connectivity index (χ0) is 20.1. The molecule has 0 fully saturated rings. The average Bonchev–Trinajstić information content (AvgIpc) is 3.12. The predicted octanol–water partition coefficient (Wildman–Crippen LogP) is 1.90. The molecule has 0 spiro atoms. The van der Waals surface area contributed by atoms with E-state index in [9.17, 15) is 13.2 Å². The summed E-state index contributed by atoms with van der Waals surface area (Å²) in [5.74, 6) is 1.50. The third kappa shape index (κ3) is 5.03. The number of hydrogen-bond acceptors (Lipinski definition) is 5. The maximum Gasteiger partial charge on any atom is 0.417 e. The summed E-state index contributed by atoms with van der Waals surface area (Å²) in [5, 5.41) is 10.4. The Morgan fingerprint density at radius 2 is 2.25 bits per heavy atom. The number of halogens is 4. The molecule has 0 amide bonds. The van der Waals surface area contributed by atoms with Gasteiger partial charge in [0.15, 0.2) is 5.96 Å². The quantitative estimate of drug-likeness (QED) is 0.439. The van der Waals surface area contributed by atoms with E-state index in [-0.39, 0.29) is 23.6 Å². The van der Waals surface area contributed by atoms with Crippen LogP contribution in [0.1, 0.15) is 17.8 Å². The van der Waals surface area contributed by atoms with Gasteiger partial charge in [-0.1, -0.05) is 11.6 Å². The monoisotopic (exact) mass is 417 g/mol. The van der Waals surface area contributed by atoms with Crippen LogP contribution in [0.3, 0.4) is 0 Å².